The lowest BCUT2D eigenvalue weighted by atomic mass is 9.93. The van der Waals surface area contributed by atoms with Crippen molar-refractivity contribution in [3.63, 3.8) is 0 Å². The second kappa shape index (κ2) is 6.64. The van der Waals surface area contributed by atoms with Crippen LogP contribution in [0, 0.1) is 0 Å². The number of thiophene rings is 1. The van der Waals surface area contributed by atoms with Crippen molar-refractivity contribution >= 4 is 67.0 Å². The molecule has 1 amide bonds. The Morgan fingerprint density at radius 1 is 1.29 bits per heavy atom. The molecule has 7 heteroatoms. The minimum Gasteiger partial charge on any atom is -0.302 e. The summed E-state index contributed by atoms with van der Waals surface area (Å²) in [6, 6.07) is 5.73. The summed E-state index contributed by atoms with van der Waals surface area (Å²) < 4.78 is 1.74. The number of halogens is 2. The van der Waals surface area contributed by atoms with Crippen LogP contribution >= 0.6 is 45.9 Å². The Labute approximate surface area is 158 Å². The molecule has 1 N–H and O–H groups in total. The number of anilines is 1. The van der Waals surface area contributed by atoms with Gasteiger partial charge in [-0.25, -0.2) is 4.98 Å². The number of thiazole rings is 1. The molecule has 3 aromatic rings. The number of nitrogens with zero attached hydrogens (tertiary/aromatic N) is 1. The predicted octanol–water partition coefficient (Wildman–Crippen LogP) is 6.14. The summed E-state index contributed by atoms with van der Waals surface area (Å²) in [5, 5.41) is 7.07. The average Bonchev–Trinajstić information content (AvgIpc) is 3.02. The van der Waals surface area contributed by atoms with Crippen LogP contribution in [0.1, 0.15) is 32.0 Å². The number of benzene rings is 1. The van der Waals surface area contributed by atoms with Gasteiger partial charge in [0.05, 0.1) is 12.1 Å². The van der Waals surface area contributed by atoms with E-state index in [4.69, 9.17) is 23.2 Å². The fourth-order valence-electron chi connectivity index (χ4n) is 2.34. The highest BCUT2D eigenvalue weighted by molar-refractivity contribution is 7.19. The van der Waals surface area contributed by atoms with Crippen molar-refractivity contribution in [3.05, 3.63) is 44.2 Å². The van der Waals surface area contributed by atoms with E-state index in [-0.39, 0.29) is 17.7 Å². The van der Waals surface area contributed by atoms with Crippen molar-refractivity contribution in [1.29, 1.82) is 0 Å². The van der Waals surface area contributed by atoms with E-state index in [1.165, 1.54) is 11.3 Å². The van der Waals surface area contributed by atoms with E-state index in [9.17, 15) is 4.79 Å². The molecule has 0 radical (unpaired) electrons. The number of hydrogen-bond donors (Lipinski definition) is 1. The molecule has 0 unspecified atom stereocenters. The number of aromatic nitrogens is 1. The van der Waals surface area contributed by atoms with Crippen molar-refractivity contribution in [2.75, 3.05) is 5.32 Å². The second-order valence-corrected chi connectivity index (χ2v) is 9.47. The van der Waals surface area contributed by atoms with Gasteiger partial charge >= 0.3 is 0 Å². The average molecular weight is 399 g/mol. The summed E-state index contributed by atoms with van der Waals surface area (Å²) in [5.74, 6) is -0.111. The lowest BCUT2D eigenvalue weighted by Crippen LogP contribution is -2.15. The van der Waals surface area contributed by atoms with Crippen molar-refractivity contribution in [2.45, 2.75) is 32.6 Å². The number of carbonyl (C=O) groups is 1. The van der Waals surface area contributed by atoms with E-state index in [0.717, 1.165) is 21.3 Å². The smallest absolute Gasteiger partial charge is 0.230 e. The highest BCUT2D eigenvalue weighted by Gasteiger charge is 2.23. The standard InChI is InChI=1S/C17H16Cl2N2OS2/c1-17(2,3)14-15(19)24-16(21-14)20-13(22)6-9-8-23-12-5-4-10(18)7-11(9)12/h4-5,7-8H,6H2,1-3H3,(H,20,21,22). The van der Waals surface area contributed by atoms with Crippen LogP contribution in [0.5, 0.6) is 0 Å². The van der Waals surface area contributed by atoms with E-state index in [1.54, 1.807) is 11.3 Å². The summed E-state index contributed by atoms with van der Waals surface area (Å²) in [7, 11) is 0. The van der Waals surface area contributed by atoms with Gasteiger partial charge in [-0.1, -0.05) is 55.3 Å². The van der Waals surface area contributed by atoms with Crippen molar-refractivity contribution in [2.24, 2.45) is 0 Å². The third-order valence-electron chi connectivity index (χ3n) is 3.51. The minimum absolute atomic E-state index is 0.111. The Bertz CT molecular complexity index is 909. The molecule has 0 atom stereocenters. The van der Waals surface area contributed by atoms with E-state index >= 15 is 0 Å². The fraction of sp³-hybridized carbons (Fsp3) is 0.294. The summed E-state index contributed by atoms with van der Waals surface area (Å²) in [6.07, 6.45) is 0.280. The van der Waals surface area contributed by atoms with Gasteiger partial charge in [0, 0.05) is 15.1 Å². The first-order valence-corrected chi connectivity index (χ1v) is 9.81. The van der Waals surface area contributed by atoms with Crippen molar-refractivity contribution in [1.82, 2.24) is 4.98 Å². The topological polar surface area (TPSA) is 42.0 Å². The number of rotatable bonds is 3. The Hall–Kier alpha value is -1.14. The van der Waals surface area contributed by atoms with E-state index in [0.29, 0.717) is 14.5 Å². The van der Waals surface area contributed by atoms with Crippen LogP contribution in [0.15, 0.2) is 23.6 Å². The van der Waals surface area contributed by atoms with Crippen LogP contribution in [0.2, 0.25) is 9.36 Å². The van der Waals surface area contributed by atoms with Crippen LogP contribution in [0.3, 0.4) is 0 Å². The third-order valence-corrected chi connectivity index (χ3v) is 5.93. The van der Waals surface area contributed by atoms with E-state index < -0.39 is 0 Å². The molecule has 2 heterocycles. The first-order valence-electron chi connectivity index (χ1n) is 7.36. The van der Waals surface area contributed by atoms with Crippen molar-refractivity contribution < 1.29 is 4.79 Å². The van der Waals surface area contributed by atoms with Crippen LogP contribution in [0.4, 0.5) is 5.13 Å². The largest absolute Gasteiger partial charge is 0.302 e. The zero-order valence-electron chi connectivity index (χ0n) is 13.4. The predicted molar refractivity (Wildman–Crippen MR) is 105 cm³/mol. The molecule has 3 nitrogen and oxygen atoms in total. The zero-order valence-corrected chi connectivity index (χ0v) is 16.6. The second-order valence-electron chi connectivity index (χ2n) is 6.52. The van der Waals surface area contributed by atoms with Gasteiger partial charge in [-0.15, -0.1) is 11.3 Å². The zero-order chi connectivity index (χ0) is 17.5. The van der Waals surface area contributed by atoms with Crippen LogP contribution in [0.25, 0.3) is 10.1 Å². The quantitative estimate of drug-likeness (QED) is 0.575. The van der Waals surface area contributed by atoms with Gasteiger partial charge in [0.15, 0.2) is 5.13 Å². The summed E-state index contributed by atoms with van der Waals surface area (Å²) in [4.78, 5) is 16.8. The monoisotopic (exact) mass is 398 g/mol. The molecule has 2 aromatic heterocycles. The highest BCUT2D eigenvalue weighted by atomic mass is 35.5. The normalized spacial score (nSPS) is 11.9. The summed E-state index contributed by atoms with van der Waals surface area (Å²) >= 11 is 15.2. The van der Waals surface area contributed by atoms with E-state index in [1.807, 2.05) is 44.4 Å². The van der Waals surface area contributed by atoms with Crippen LogP contribution < -0.4 is 5.32 Å². The van der Waals surface area contributed by atoms with Crippen LogP contribution in [-0.2, 0) is 16.6 Å². The molecule has 0 bridgehead atoms. The maximum Gasteiger partial charge on any atom is 0.230 e. The molecule has 0 spiro atoms. The molecule has 24 heavy (non-hydrogen) atoms. The summed E-state index contributed by atoms with van der Waals surface area (Å²) in [5.41, 5.74) is 1.61. The van der Waals surface area contributed by atoms with Gasteiger partial charge in [0.2, 0.25) is 5.91 Å². The molecule has 0 aliphatic carbocycles. The maximum absolute atomic E-state index is 12.4. The minimum atomic E-state index is -0.156. The van der Waals surface area contributed by atoms with Gasteiger partial charge in [-0.3, -0.25) is 4.79 Å². The molecule has 3 rings (SSSR count). The molecule has 0 saturated carbocycles. The molecule has 0 aliphatic rings. The Kier molecular flexibility index (Phi) is 4.89. The SMILES string of the molecule is CC(C)(C)c1nc(NC(=O)Cc2csc3ccc(Cl)cc23)sc1Cl. The molecule has 0 aliphatic heterocycles. The van der Waals surface area contributed by atoms with Gasteiger partial charge in [0.1, 0.15) is 4.34 Å². The van der Waals surface area contributed by atoms with Crippen LogP contribution in [-0.4, -0.2) is 10.9 Å². The highest BCUT2D eigenvalue weighted by Crippen LogP contribution is 2.36. The van der Waals surface area contributed by atoms with Gasteiger partial charge in [-0.05, 0) is 34.5 Å². The lowest BCUT2D eigenvalue weighted by Gasteiger charge is -2.15. The van der Waals surface area contributed by atoms with Gasteiger partial charge in [-0.2, -0.15) is 0 Å². The fourth-order valence-corrected chi connectivity index (χ4v) is 4.93. The van der Waals surface area contributed by atoms with Gasteiger partial charge < -0.3 is 5.32 Å². The Morgan fingerprint density at radius 3 is 2.71 bits per heavy atom. The first kappa shape index (κ1) is 17.7. The summed E-state index contributed by atoms with van der Waals surface area (Å²) in [6.45, 7) is 6.13. The first-order chi connectivity index (χ1) is 11.2. The number of hydrogen-bond acceptors (Lipinski definition) is 4. The molecule has 126 valence electrons. The number of carbonyl (C=O) groups excluding carboxylic acids is 1. The number of amides is 1. The molecular weight excluding hydrogens is 383 g/mol. The number of fused-ring (bicyclic) bond motifs is 1. The van der Waals surface area contributed by atoms with E-state index in [2.05, 4.69) is 10.3 Å². The Morgan fingerprint density at radius 2 is 2.04 bits per heavy atom. The maximum atomic E-state index is 12.4. The number of nitrogens with one attached hydrogen (secondary N) is 1. The molecule has 0 fully saturated rings. The lowest BCUT2D eigenvalue weighted by molar-refractivity contribution is -0.115. The van der Waals surface area contributed by atoms with Gasteiger partial charge in [0.25, 0.3) is 0 Å². The third kappa shape index (κ3) is 3.75. The Balaban J connectivity index is 1.77. The molecular formula is C17H16Cl2N2OS2. The molecule has 0 saturated heterocycles. The van der Waals surface area contributed by atoms with Crippen molar-refractivity contribution in [3.8, 4) is 0 Å². The molecule has 1 aromatic carbocycles.